The maximum Gasteiger partial charge on any atom is 0.441 e. The van der Waals surface area contributed by atoms with E-state index in [1.807, 2.05) is 0 Å². The van der Waals surface area contributed by atoms with Gasteiger partial charge in [0, 0.05) is 24.4 Å². The van der Waals surface area contributed by atoms with E-state index in [-0.39, 0.29) is 17.5 Å². The molecule has 0 aromatic carbocycles. The molecule has 0 spiro atoms. The molecule has 0 aromatic heterocycles. The molecule has 2 nitrogen and oxygen atoms in total. The van der Waals surface area contributed by atoms with E-state index in [4.69, 9.17) is 0 Å². The van der Waals surface area contributed by atoms with E-state index >= 15 is 0 Å². The molecule has 1 rings (SSSR count). The Hall–Kier alpha value is 0.0600. The number of alkyl halides is 3. The van der Waals surface area contributed by atoms with Gasteiger partial charge in [-0.05, 0) is 44.6 Å². The molecule has 0 saturated carbocycles. The van der Waals surface area contributed by atoms with Crippen molar-refractivity contribution in [3.05, 3.63) is 0 Å². The second kappa shape index (κ2) is 6.85. The van der Waals surface area contributed by atoms with E-state index in [0.29, 0.717) is 18.6 Å². The van der Waals surface area contributed by atoms with Crippen LogP contribution in [-0.2, 0) is 0 Å². The monoisotopic (exact) mass is 270 g/mol. The number of piperidine rings is 1. The number of halogens is 3. The highest BCUT2D eigenvalue weighted by Crippen LogP contribution is 2.30. The fraction of sp³-hybridized carbons (Fsp3) is 1.00. The van der Waals surface area contributed by atoms with Crippen molar-refractivity contribution in [3.63, 3.8) is 0 Å². The van der Waals surface area contributed by atoms with Gasteiger partial charge in [0.15, 0.2) is 0 Å². The van der Waals surface area contributed by atoms with Crippen LogP contribution in [0.4, 0.5) is 13.2 Å². The van der Waals surface area contributed by atoms with Gasteiger partial charge in [0.05, 0.1) is 0 Å². The first kappa shape index (κ1) is 15.1. The minimum Gasteiger partial charge on any atom is -0.314 e. The zero-order valence-corrected chi connectivity index (χ0v) is 11.2. The van der Waals surface area contributed by atoms with Crippen molar-refractivity contribution in [3.8, 4) is 0 Å². The number of rotatable bonds is 5. The van der Waals surface area contributed by atoms with Gasteiger partial charge in [0.2, 0.25) is 0 Å². The average Bonchev–Trinajstić information content (AvgIpc) is 2.20. The first-order valence-corrected chi connectivity index (χ1v) is 7.09. The number of nitrogens with zero attached hydrogens (tertiary/aromatic N) is 1. The van der Waals surface area contributed by atoms with Crippen LogP contribution in [0.3, 0.4) is 0 Å². The largest absolute Gasteiger partial charge is 0.441 e. The summed E-state index contributed by atoms with van der Waals surface area (Å²) in [4.78, 5) is 2.16. The fourth-order valence-electron chi connectivity index (χ4n) is 2.31. The molecule has 1 aliphatic heterocycles. The number of thioether (sulfide) groups is 1. The molecular formula is C11H21F3N2S. The minimum absolute atomic E-state index is 0.0830. The van der Waals surface area contributed by atoms with Crippen molar-refractivity contribution in [2.24, 2.45) is 0 Å². The maximum absolute atomic E-state index is 12.0. The number of nitrogens with one attached hydrogen (secondary N) is 1. The third kappa shape index (κ3) is 5.97. The van der Waals surface area contributed by atoms with Crippen molar-refractivity contribution in [2.75, 3.05) is 25.4 Å². The van der Waals surface area contributed by atoms with Crippen LogP contribution in [0, 0.1) is 0 Å². The molecular weight excluding hydrogens is 249 g/mol. The average molecular weight is 270 g/mol. The summed E-state index contributed by atoms with van der Waals surface area (Å²) in [6, 6.07) is 0.906. The molecule has 17 heavy (non-hydrogen) atoms. The number of hydrogen-bond donors (Lipinski definition) is 1. The van der Waals surface area contributed by atoms with Gasteiger partial charge in [0.25, 0.3) is 0 Å². The van der Waals surface area contributed by atoms with Gasteiger partial charge in [-0.2, -0.15) is 13.2 Å². The van der Waals surface area contributed by atoms with E-state index in [9.17, 15) is 13.2 Å². The summed E-state index contributed by atoms with van der Waals surface area (Å²) in [6.07, 6.45) is 2.07. The summed E-state index contributed by atoms with van der Waals surface area (Å²) in [7, 11) is 0. The molecule has 2 unspecified atom stereocenters. The summed E-state index contributed by atoms with van der Waals surface area (Å²) >= 11 is 0.0830. The molecule has 1 fully saturated rings. The Labute approximate surface area is 105 Å². The lowest BCUT2D eigenvalue weighted by molar-refractivity contribution is -0.0329. The lowest BCUT2D eigenvalue weighted by Gasteiger charge is -2.38. The molecule has 0 bridgehead atoms. The van der Waals surface area contributed by atoms with Crippen molar-refractivity contribution in [2.45, 2.75) is 44.3 Å². The Morgan fingerprint density at radius 2 is 2.12 bits per heavy atom. The van der Waals surface area contributed by atoms with E-state index < -0.39 is 5.51 Å². The Kier molecular flexibility index (Phi) is 6.09. The van der Waals surface area contributed by atoms with Crippen LogP contribution in [0.5, 0.6) is 0 Å². The second-order valence-corrected chi connectivity index (χ2v) is 5.62. The van der Waals surface area contributed by atoms with Gasteiger partial charge in [-0.3, -0.25) is 4.90 Å². The van der Waals surface area contributed by atoms with Gasteiger partial charge in [-0.25, -0.2) is 0 Å². The third-order valence-corrected chi connectivity index (χ3v) is 3.86. The van der Waals surface area contributed by atoms with Crippen LogP contribution in [0.2, 0.25) is 0 Å². The van der Waals surface area contributed by atoms with Crippen LogP contribution in [0.25, 0.3) is 0 Å². The molecule has 0 aromatic rings. The summed E-state index contributed by atoms with van der Waals surface area (Å²) in [5, 5.41) is 3.40. The van der Waals surface area contributed by atoms with E-state index in [0.717, 1.165) is 25.9 Å². The molecule has 0 aliphatic carbocycles. The van der Waals surface area contributed by atoms with Gasteiger partial charge in [-0.1, -0.05) is 6.92 Å². The fourth-order valence-corrected chi connectivity index (χ4v) is 2.86. The summed E-state index contributed by atoms with van der Waals surface area (Å²) < 4.78 is 36.0. The second-order valence-electron chi connectivity index (χ2n) is 4.46. The summed E-state index contributed by atoms with van der Waals surface area (Å²) in [5.41, 5.74) is -4.09. The van der Waals surface area contributed by atoms with Crippen LogP contribution in [-0.4, -0.2) is 47.9 Å². The van der Waals surface area contributed by atoms with Crippen molar-refractivity contribution < 1.29 is 13.2 Å². The summed E-state index contributed by atoms with van der Waals surface area (Å²) in [6.45, 7) is 6.57. The van der Waals surface area contributed by atoms with Gasteiger partial charge in [-0.15, -0.1) is 0 Å². The van der Waals surface area contributed by atoms with Gasteiger partial charge >= 0.3 is 5.51 Å². The van der Waals surface area contributed by atoms with E-state index in [1.165, 1.54) is 0 Å². The predicted molar refractivity (Wildman–Crippen MR) is 66.2 cm³/mol. The first-order chi connectivity index (χ1) is 7.92. The van der Waals surface area contributed by atoms with Gasteiger partial charge in [0.1, 0.15) is 0 Å². The molecule has 102 valence electrons. The number of likely N-dealkylation sites (tertiary alicyclic amines) is 1. The van der Waals surface area contributed by atoms with Crippen LogP contribution in [0.1, 0.15) is 26.7 Å². The molecule has 0 amide bonds. The molecule has 1 N–H and O–H groups in total. The van der Waals surface area contributed by atoms with E-state index in [1.54, 1.807) is 0 Å². The van der Waals surface area contributed by atoms with Crippen LogP contribution in [0.15, 0.2) is 0 Å². The highest BCUT2D eigenvalue weighted by molar-refractivity contribution is 8.00. The molecule has 2 atom stereocenters. The zero-order chi connectivity index (χ0) is 12.9. The SMILES string of the molecule is CCNC1CCN(CCSC(F)(F)F)C(C)C1. The predicted octanol–water partition coefficient (Wildman–Crippen LogP) is 2.70. The Morgan fingerprint density at radius 1 is 1.41 bits per heavy atom. The quantitative estimate of drug-likeness (QED) is 0.827. The summed E-state index contributed by atoms with van der Waals surface area (Å²) in [5.74, 6) is 0.139. The minimum atomic E-state index is -4.09. The molecule has 1 aliphatic rings. The molecule has 1 saturated heterocycles. The molecule has 0 radical (unpaired) electrons. The normalized spacial score (nSPS) is 27.4. The maximum atomic E-state index is 12.0. The van der Waals surface area contributed by atoms with Gasteiger partial charge < -0.3 is 5.32 Å². The topological polar surface area (TPSA) is 15.3 Å². The smallest absolute Gasteiger partial charge is 0.314 e. The lowest BCUT2D eigenvalue weighted by atomic mass is 9.98. The lowest BCUT2D eigenvalue weighted by Crippen LogP contribution is -2.48. The van der Waals surface area contributed by atoms with Crippen LogP contribution >= 0.6 is 11.8 Å². The Morgan fingerprint density at radius 3 is 2.65 bits per heavy atom. The zero-order valence-electron chi connectivity index (χ0n) is 10.4. The molecule has 6 heteroatoms. The van der Waals surface area contributed by atoms with Crippen molar-refractivity contribution >= 4 is 11.8 Å². The van der Waals surface area contributed by atoms with Crippen LogP contribution < -0.4 is 5.32 Å². The third-order valence-electron chi connectivity index (χ3n) is 3.15. The number of hydrogen-bond acceptors (Lipinski definition) is 3. The highest BCUT2D eigenvalue weighted by Gasteiger charge is 2.29. The Bertz CT molecular complexity index is 223. The Balaban J connectivity index is 2.23. The van der Waals surface area contributed by atoms with Crippen molar-refractivity contribution in [1.29, 1.82) is 0 Å². The van der Waals surface area contributed by atoms with Crippen molar-refractivity contribution in [1.82, 2.24) is 10.2 Å². The molecule has 1 heterocycles. The first-order valence-electron chi connectivity index (χ1n) is 6.10. The van der Waals surface area contributed by atoms with E-state index in [2.05, 4.69) is 24.1 Å². The standard InChI is InChI=1S/C11H21F3N2S/c1-3-15-10-4-5-16(9(2)8-10)6-7-17-11(12,13)14/h9-10,15H,3-8H2,1-2H3. The highest BCUT2D eigenvalue weighted by atomic mass is 32.2.